The van der Waals surface area contributed by atoms with E-state index in [2.05, 4.69) is 50.2 Å². The van der Waals surface area contributed by atoms with Gasteiger partial charge in [0.2, 0.25) is 0 Å². The zero-order valence-electron chi connectivity index (χ0n) is 11.0. The van der Waals surface area contributed by atoms with Gasteiger partial charge < -0.3 is 10.1 Å². The van der Waals surface area contributed by atoms with E-state index in [9.17, 15) is 0 Å². The van der Waals surface area contributed by atoms with Crippen LogP contribution in [0.4, 0.5) is 0 Å². The molecule has 0 aliphatic carbocycles. The molecule has 0 aliphatic heterocycles. The Morgan fingerprint density at radius 2 is 2.05 bits per heavy atom. The van der Waals surface area contributed by atoms with Crippen LogP contribution in [0.15, 0.2) is 31.8 Å². The monoisotopic (exact) mass is 437 g/mol. The highest BCUT2D eigenvalue weighted by Gasteiger charge is 2.22. The number of hydrogen-bond acceptors (Lipinski definition) is 3. The first-order valence-electron chi connectivity index (χ1n) is 6.08. The quantitative estimate of drug-likeness (QED) is 0.652. The lowest BCUT2D eigenvalue weighted by Crippen LogP contribution is -2.22. The standard InChI is InChI=1S/C14H14Br2ClNOS/c1-3-18-13(10-7-12(15)20-14(10)16)9-6-8(17)4-5-11(9)19-2/h4-7,13,18H,3H2,1-2H3. The van der Waals surface area contributed by atoms with Gasteiger partial charge in [-0.15, -0.1) is 11.3 Å². The summed E-state index contributed by atoms with van der Waals surface area (Å²) in [4.78, 5) is 0. The molecule has 0 saturated heterocycles. The Balaban J connectivity index is 2.53. The molecule has 0 radical (unpaired) electrons. The molecule has 0 aliphatic rings. The summed E-state index contributed by atoms with van der Waals surface area (Å²) in [5.74, 6) is 0.828. The molecule has 0 amide bonds. The van der Waals surface area contributed by atoms with Crippen LogP contribution in [-0.2, 0) is 0 Å². The van der Waals surface area contributed by atoms with Crippen molar-refractivity contribution >= 4 is 54.8 Å². The molecule has 1 aromatic heterocycles. The number of thiophene rings is 1. The summed E-state index contributed by atoms with van der Waals surface area (Å²) in [7, 11) is 1.67. The molecule has 0 fully saturated rings. The van der Waals surface area contributed by atoms with Crippen LogP contribution in [0.3, 0.4) is 0 Å². The van der Waals surface area contributed by atoms with Crippen LogP contribution in [0.5, 0.6) is 5.75 Å². The fourth-order valence-electron chi connectivity index (χ4n) is 2.07. The van der Waals surface area contributed by atoms with Crippen molar-refractivity contribution in [3.63, 3.8) is 0 Å². The van der Waals surface area contributed by atoms with E-state index in [4.69, 9.17) is 16.3 Å². The minimum Gasteiger partial charge on any atom is -0.496 e. The van der Waals surface area contributed by atoms with Gasteiger partial charge in [0, 0.05) is 10.6 Å². The smallest absolute Gasteiger partial charge is 0.124 e. The van der Waals surface area contributed by atoms with E-state index in [0.29, 0.717) is 5.02 Å². The van der Waals surface area contributed by atoms with Gasteiger partial charge in [-0.25, -0.2) is 0 Å². The molecule has 0 bridgehead atoms. The van der Waals surface area contributed by atoms with Crippen LogP contribution in [0.25, 0.3) is 0 Å². The van der Waals surface area contributed by atoms with Crippen molar-refractivity contribution in [1.82, 2.24) is 5.32 Å². The maximum Gasteiger partial charge on any atom is 0.124 e. The average molecular weight is 440 g/mol. The Morgan fingerprint density at radius 1 is 1.30 bits per heavy atom. The number of benzene rings is 1. The Kier molecular flexibility index (Phi) is 5.93. The van der Waals surface area contributed by atoms with Gasteiger partial charge in [0.25, 0.3) is 0 Å². The zero-order chi connectivity index (χ0) is 14.7. The Morgan fingerprint density at radius 3 is 2.60 bits per heavy atom. The van der Waals surface area contributed by atoms with Gasteiger partial charge in [0.1, 0.15) is 5.75 Å². The molecule has 2 nitrogen and oxygen atoms in total. The number of ether oxygens (including phenoxy) is 1. The number of hydrogen-bond donors (Lipinski definition) is 1. The first-order chi connectivity index (χ1) is 9.56. The van der Waals surface area contributed by atoms with Crippen LogP contribution in [0.2, 0.25) is 5.02 Å². The molecule has 1 unspecified atom stereocenters. The second-order valence-electron chi connectivity index (χ2n) is 4.16. The molecule has 1 N–H and O–H groups in total. The SMILES string of the molecule is CCNC(c1cc(Cl)ccc1OC)c1cc(Br)sc1Br. The fraction of sp³-hybridized carbons (Fsp3) is 0.286. The van der Waals surface area contributed by atoms with Crippen molar-refractivity contribution in [2.75, 3.05) is 13.7 Å². The van der Waals surface area contributed by atoms with E-state index >= 15 is 0 Å². The van der Waals surface area contributed by atoms with Crippen LogP contribution < -0.4 is 10.1 Å². The molecule has 1 aromatic carbocycles. The molecule has 1 atom stereocenters. The lowest BCUT2D eigenvalue weighted by molar-refractivity contribution is 0.404. The van der Waals surface area contributed by atoms with Gasteiger partial charge in [0.15, 0.2) is 0 Å². The summed E-state index contributed by atoms with van der Waals surface area (Å²) in [6.45, 7) is 2.93. The third-order valence-electron chi connectivity index (χ3n) is 2.91. The zero-order valence-corrected chi connectivity index (χ0v) is 15.8. The molecular weight excluding hydrogens is 425 g/mol. The maximum atomic E-state index is 6.15. The number of rotatable bonds is 5. The summed E-state index contributed by atoms with van der Waals surface area (Å²) in [6.07, 6.45) is 0. The number of nitrogens with one attached hydrogen (secondary N) is 1. The lowest BCUT2D eigenvalue weighted by Gasteiger charge is -2.21. The van der Waals surface area contributed by atoms with Gasteiger partial charge in [-0.3, -0.25) is 0 Å². The summed E-state index contributed by atoms with van der Waals surface area (Å²) in [6, 6.07) is 7.84. The molecule has 20 heavy (non-hydrogen) atoms. The van der Waals surface area contributed by atoms with Crippen molar-refractivity contribution in [3.05, 3.63) is 48.0 Å². The summed E-state index contributed by atoms with van der Waals surface area (Å²) in [5.41, 5.74) is 2.21. The highest BCUT2D eigenvalue weighted by molar-refractivity contribution is 9.12. The van der Waals surface area contributed by atoms with Crippen molar-refractivity contribution in [3.8, 4) is 5.75 Å². The fourth-order valence-corrected chi connectivity index (χ4v) is 5.15. The van der Waals surface area contributed by atoms with E-state index in [1.54, 1.807) is 18.4 Å². The molecule has 0 spiro atoms. The third kappa shape index (κ3) is 3.57. The maximum absolute atomic E-state index is 6.15. The first-order valence-corrected chi connectivity index (χ1v) is 8.86. The van der Waals surface area contributed by atoms with E-state index in [1.165, 1.54) is 5.56 Å². The topological polar surface area (TPSA) is 21.3 Å². The molecule has 2 aromatic rings. The molecule has 6 heteroatoms. The van der Waals surface area contributed by atoms with Crippen LogP contribution in [0, 0.1) is 0 Å². The van der Waals surface area contributed by atoms with Gasteiger partial charge in [0.05, 0.1) is 20.7 Å². The Labute approximate surface area is 144 Å². The highest BCUT2D eigenvalue weighted by Crippen LogP contribution is 2.40. The molecule has 108 valence electrons. The summed E-state index contributed by atoms with van der Waals surface area (Å²) < 4.78 is 7.65. The number of methoxy groups -OCH3 is 1. The molecule has 1 heterocycles. The molecule has 2 rings (SSSR count). The van der Waals surface area contributed by atoms with Crippen LogP contribution >= 0.6 is 54.8 Å². The van der Waals surface area contributed by atoms with E-state index in [1.807, 2.05) is 18.2 Å². The lowest BCUT2D eigenvalue weighted by atomic mass is 10.00. The van der Waals surface area contributed by atoms with Gasteiger partial charge >= 0.3 is 0 Å². The second kappa shape index (κ2) is 7.27. The molecule has 0 saturated carbocycles. The summed E-state index contributed by atoms with van der Waals surface area (Å²) in [5, 5.41) is 4.19. The van der Waals surface area contributed by atoms with Crippen molar-refractivity contribution in [2.24, 2.45) is 0 Å². The normalized spacial score (nSPS) is 12.4. The third-order valence-corrected chi connectivity index (χ3v) is 5.53. The van der Waals surface area contributed by atoms with Crippen LogP contribution in [0.1, 0.15) is 24.1 Å². The minimum atomic E-state index is 0.0329. The predicted molar refractivity (Wildman–Crippen MR) is 93.2 cm³/mol. The largest absolute Gasteiger partial charge is 0.496 e. The first kappa shape index (κ1) is 16.3. The Hall–Kier alpha value is -0.0700. The van der Waals surface area contributed by atoms with Gasteiger partial charge in [-0.1, -0.05) is 18.5 Å². The van der Waals surface area contributed by atoms with E-state index in [0.717, 1.165) is 25.4 Å². The van der Waals surface area contributed by atoms with Crippen molar-refractivity contribution < 1.29 is 4.74 Å². The van der Waals surface area contributed by atoms with E-state index in [-0.39, 0.29) is 6.04 Å². The summed E-state index contributed by atoms with van der Waals surface area (Å²) >= 11 is 15.0. The highest BCUT2D eigenvalue weighted by atomic mass is 79.9. The number of halogens is 3. The van der Waals surface area contributed by atoms with Gasteiger partial charge in [-0.2, -0.15) is 0 Å². The van der Waals surface area contributed by atoms with E-state index < -0.39 is 0 Å². The predicted octanol–water partition coefficient (Wildman–Crippen LogP) is 5.63. The minimum absolute atomic E-state index is 0.0329. The average Bonchev–Trinajstić information content (AvgIpc) is 2.75. The van der Waals surface area contributed by atoms with Gasteiger partial charge in [-0.05, 0) is 68.2 Å². The Bertz CT molecular complexity index is 603. The van der Waals surface area contributed by atoms with Crippen molar-refractivity contribution in [2.45, 2.75) is 13.0 Å². The van der Waals surface area contributed by atoms with Crippen molar-refractivity contribution in [1.29, 1.82) is 0 Å². The molecular formula is C14H14Br2ClNOS. The van der Waals surface area contributed by atoms with Crippen LogP contribution in [-0.4, -0.2) is 13.7 Å². The second-order valence-corrected chi connectivity index (χ2v) is 8.34.